The molecule has 3 N–H and O–H groups in total. The highest BCUT2D eigenvalue weighted by molar-refractivity contribution is 7.89. The van der Waals surface area contributed by atoms with Gasteiger partial charge >= 0.3 is 6.18 Å². The lowest BCUT2D eigenvalue weighted by molar-refractivity contribution is -0.210. The van der Waals surface area contributed by atoms with Crippen LogP contribution in [0.1, 0.15) is 13.3 Å². The molecule has 2 atom stereocenters. The Morgan fingerprint density at radius 3 is 2.43 bits per heavy atom. The maximum Gasteiger partial charge on any atom is 0.415 e. The summed E-state index contributed by atoms with van der Waals surface area (Å²) in [4.78, 5) is -0.664. The molecule has 10 heteroatoms. The number of phenols is 1. The number of aliphatic hydroxyl groups excluding tert-OH is 1. The number of rotatable bonds is 5. The normalized spacial score (nSPS) is 15.7. The molecule has 0 saturated heterocycles. The maximum atomic E-state index is 12.5. The summed E-state index contributed by atoms with van der Waals surface area (Å²) < 4.78 is 63.1. The number of aromatic hydroxyl groups is 1. The lowest BCUT2D eigenvalue weighted by Gasteiger charge is -2.24. The SMILES string of the molecule is CCC(NS(=O)(=O)c1cccc(Cl)c1O)C(O)C(F)(F)F. The number of hydrogen-bond acceptors (Lipinski definition) is 4. The minimum absolute atomic E-state index is 0.262. The van der Waals surface area contributed by atoms with Crippen LogP contribution in [0, 0.1) is 0 Å². The van der Waals surface area contributed by atoms with E-state index < -0.39 is 39.0 Å². The molecule has 0 aliphatic heterocycles. The average Bonchev–Trinajstić information content (AvgIpc) is 2.37. The van der Waals surface area contributed by atoms with Crippen LogP contribution >= 0.6 is 11.6 Å². The summed E-state index contributed by atoms with van der Waals surface area (Å²) in [5.41, 5.74) is 0. The molecule has 0 radical (unpaired) electrons. The van der Waals surface area contributed by atoms with Crippen LogP contribution < -0.4 is 4.72 Å². The summed E-state index contributed by atoms with van der Waals surface area (Å²) in [7, 11) is -4.47. The molecule has 0 aromatic heterocycles. The predicted octanol–water partition coefficient (Wildman–Crippen LogP) is 2.03. The van der Waals surface area contributed by atoms with E-state index in [1.165, 1.54) is 19.1 Å². The fourth-order valence-electron chi connectivity index (χ4n) is 1.57. The molecule has 0 spiro atoms. The minimum atomic E-state index is -4.97. The van der Waals surface area contributed by atoms with Gasteiger partial charge in [0.15, 0.2) is 11.9 Å². The molecule has 0 aliphatic rings. The van der Waals surface area contributed by atoms with Gasteiger partial charge in [-0.2, -0.15) is 13.2 Å². The Bertz CT molecular complexity index is 606. The van der Waals surface area contributed by atoms with Crippen LogP contribution in [-0.4, -0.2) is 37.0 Å². The van der Waals surface area contributed by atoms with Crippen molar-refractivity contribution in [3.8, 4) is 5.75 Å². The predicted molar refractivity (Wildman–Crippen MR) is 69.6 cm³/mol. The lowest BCUT2D eigenvalue weighted by atomic mass is 10.1. The third kappa shape index (κ3) is 4.22. The number of sulfonamides is 1. The van der Waals surface area contributed by atoms with E-state index in [-0.39, 0.29) is 11.4 Å². The lowest BCUT2D eigenvalue weighted by Crippen LogP contribution is -2.49. The fraction of sp³-hybridized carbons (Fsp3) is 0.455. The van der Waals surface area contributed by atoms with Crippen LogP contribution in [0.5, 0.6) is 5.75 Å². The van der Waals surface area contributed by atoms with Crippen LogP contribution in [0.25, 0.3) is 0 Å². The highest BCUT2D eigenvalue weighted by Crippen LogP contribution is 2.31. The average molecular weight is 348 g/mol. The highest BCUT2D eigenvalue weighted by atomic mass is 35.5. The Morgan fingerprint density at radius 2 is 1.95 bits per heavy atom. The number of phenolic OH excluding ortho intramolecular Hbond substituents is 1. The number of aliphatic hydroxyl groups is 1. The third-order valence-electron chi connectivity index (χ3n) is 2.70. The van der Waals surface area contributed by atoms with Crippen molar-refractivity contribution in [1.82, 2.24) is 4.72 Å². The van der Waals surface area contributed by atoms with Crippen LogP contribution in [0.2, 0.25) is 5.02 Å². The van der Waals surface area contributed by atoms with Gasteiger partial charge in [-0.1, -0.05) is 24.6 Å². The van der Waals surface area contributed by atoms with E-state index in [9.17, 15) is 26.7 Å². The summed E-state index contributed by atoms with van der Waals surface area (Å²) in [5.74, 6) is -0.775. The Kier molecular flexibility index (Phi) is 5.48. The van der Waals surface area contributed by atoms with Crippen LogP contribution in [0.4, 0.5) is 13.2 Å². The van der Waals surface area contributed by atoms with Crippen molar-refractivity contribution in [3.05, 3.63) is 23.2 Å². The molecular weight excluding hydrogens is 335 g/mol. The van der Waals surface area contributed by atoms with E-state index in [2.05, 4.69) is 0 Å². The topological polar surface area (TPSA) is 86.6 Å². The van der Waals surface area contributed by atoms with E-state index in [4.69, 9.17) is 16.7 Å². The molecule has 0 bridgehead atoms. The molecule has 120 valence electrons. The van der Waals surface area contributed by atoms with Crippen molar-refractivity contribution in [3.63, 3.8) is 0 Å². The fourth-order valence-corrected chi connectivity index (χ4v) is 3.25. The zero-order valence-electron chi connectivity index (χ0n) is 10.7. The number of nitrogens with one attached hydrogen (secondary N) is 1. The van der Waals surface area contributed by atoms with Crippen LogP contribution in [0.3, 0.4) is 0 Å². The van der Waals surface area contributed by atoms with Crippen LogP contribution in [-0.2, 0) is 10.0 Å². The molecule has 1 rings (SSSR count). The second-order valence-electron chi connectivity index (χ2n) is 4.21. The molecule has 2 unspecified atom stereocenters. The summed E-state index contributed by atoms with van der Waals surface area (Å²) in [6, 6.07) is 1.64. The smallest absolute Gasteiger partial charge is 0.415 e. The first-order valence-corrected chi connectivity index (χ1v) is 7.61. The van der Waals surface area contributed by atoms with Crippen molar-refractivity contribution < 1.29 is 31.8 Å². The molecule has 5 nitrogen and oxygen atoms in total. The Labute approximate surface area is 124 Å². The van der Waals surface area contributed by atoms with Gasteiger partial charge in [-0.05, 0) is 18.6 Å². The van der Waals surface area contributed by atoms with Crippen molar-refractivity contribution in [2.45, 2.75) is 36.6 Å². The molecule has 1 aromatic carbocycles. The van der Waals surface area contributed by atoms with Gasteiger partial charge in [-0.15, -0.1) is 0 Å². The van der Waals surface area contributed by atoms with Crippen molar-refractivity contribution >= 4 is 21.6 Å². The monoisotopic (exact) mass is 347 g/mol. The van der Waals surface area contributed by atoms with E-state index in [1.807, 2.05) is 0 Å². The largest absolute Gasteiger partial charge is 0.505 e. The minimum Gasteiger partial charge on any atom is -0.505 e. The maximum absolute atomic E-state index is 12.5. The number of alkyl halides is 3. The number of benzene rings is 1. The quantitative estimate of drug-likeness (QED) is 0.760. The summed E-state index contributed by atoms with van der Waals surface area (Å²) in [5, 5.41) is 18.5. The Morgan fingerprint density at radius 1 is 1.38 bits per heavy atom. The third-order valence-corrected chi connectivity index (χ3v) is 4.53. The molecule has 0 heterocycles. The van der Waals surface area contributed by atoms with E-state index in [0.29, 0.717) is 0 Å². The summed E-state index contributed by atoms with van der Waals surface area (Å²) in [6.45, 7) is 1.28. The first kappa shape index (κ1) is 18.0. The van der Waals surface area contributed by atoms with Gasteiger partial charge in [0.1, 0.15) is 4.90 Å². The van der Waals surface area contributed by atoms with Gasteiger partial charge in [0.2, 0.25) is 10.0 Å². The zero-order chi connectivity index (χ0) is 16.4. The van der Waals surface area contributed by atoms with Gasteiger partial charge in [-0.25, -0.2) is 13.1 Å². The molecule has 21 heavy (non-hydrogen) atoms. The molecule has 0 saturated carbocycles. The van der Waals surface area contributed by atoms with Gasteiger partial charge in [0.25, 0.3) is 0 Å². The van der Waals surface area contributed by atoms with Gasteiger partial charge < -0.3 is 10.2 Å². The molecular formula is C11H13ClF3NO4S. The standard InChI is InChI=1S/C11H13ClF3NO4S/c1-2-7(10(18)11(13,14)15)16-21(19,20)8-5-3-4-6(12)9(8)17/h3-5,7,10,16-18H,2H2,1H3. The summed E-state index contributed by atoms with van der Waals surface area (Å²) >= 11 is 5.55. The van der Waals surface area contributed by atoms with Crippen molar-refractivity contribution in [2.75, 3.05) is 0 Å². The molecule has 0 fully saturated rings. The number of hydrogen-bond donors (Lipinski definition) is 3. The number of para-hydroxylation sites is 1. The molecule has 1 aromatic rings. The van der Waals surface area contributed by atoms with Gasteiger partial charge in [-0.3, -0.25) is 0 Å². The van der Waals surface area contributed by atoms with Gasteiger partial charge in [0.05, 0.1) is 11.1 Å². The van der Waals surface area contributed by atoms with Gasteiger partial charge in [0, 0.05) is 0 Å². The highest BCUT2D eigenvalue weighted by Gasteiger charge is 2.44. The van der Waals surface area contributed by atoms with Crippen LogP contribution in [0.15, 0.2) is 23.1 Å². The van der Waals surface area contributed by atoms with E-state index in [0.717, 1.165) is 6.07 Å². The Hall–Kier alpha value is -1.03. The summed E-state index contributed by atoms with van der Waals surface area (Å²) in [6.07, 6.45) is -8.14. The molecule has 0 aliphatic carbocycles. The first-order valence-electron chi connectivity index (χ1n) is 5.75. The molecule has 0 amide bonds. The van der Waals surface area contributed by atoms with E-state index >= 15 is 0 Å². The Balaban J connectivity index is 3.12. The van der Waals surface area contributed by atoms with E-state index in [1.54, 1.807) is 4.72 Å². The van der Waals surface area contributed by atoms with Crippen molar-refractivity contribution in [2.24, 2.45) is 0 Å². The first-order chi connectivity index (χ1) is 9.50. The van der Waals surface area contributed by atoms with Crippen molar-refractivity contribution in [1.29, 1.82) is 0 Å². The second-order valence-corrected chi connectivity index (χ2v) is 6.30. The second kappa shape index (κ2) is 6.39. The number of halogens is 4. The zero-order valence-corrected chi connectivity index (χ0v) is 12.3.